The number of para-hydroxylation sites is 5. The van der Waals surface area contributed by atoms with Gasteiger partial charge in [0.05, 0.1) is 33.3 Å². The number of hydrogen-bond acceptors (Lipinski definition) is 3. The van der Waals surface area contributed by atoms with E-state index in [0.29, 0.717) is 5.82 Å². The quantitative estimate of drug-likeness (QED) is 0.182. The van der Waals surface area contributed by atoms with Crippen molar-refractivity contribution >= 4 is 76.5 Å². The van der Waals surface area contributed by atoms with Crippen LogP contribution in [0.1, 0.15) is 5.56 Å². The summed E-state index contributed by atoms with van der Waals surface area (Å²) in [4.78, 5) is 10.3. The highest BCUT2D eigenvalue weighted by molar-refractivity contribution is 6.39. The molecule has 0 radical (unpaired) electrons. The van der Waals surface area contributed by atoms with Crippen LogP contribution in [0.5, 0.6) is 0 Å². The molecular formula is C51H32N4O. The first-order valence-electron chi connectivity index (χ1n) is 19.0. The first-order valence-corrected chi connectivity index (χ1v) is 19.0. The van der Waals surface area contributed by atoms with Crippen LogP contribution in [0.4, 0.5) is 0 Å². The maximum atomic E-state index is 6.95. The van der Waals surface area contributed by atoms with Gasteiger partial charge < -0.3 is 13.6 Å². The average Bonchev–Trinajstić information content (AvgIpc) is 3.92. The summed E-state index contributed by atoms with van der Waals surface area (Å²) in [5.74, 6) is 0.708. The Bertz CT molecular complexity index is 3540. The molecule has 0 fully saturated rings. The van der Waals surface area contributed by atoms with E-state index in [1.165, 1.54) is 16.2 Å². The summed E-state index contributed by atoms with van der Waals surface area (Å²) < 4.78 is 11.8. The molecule has 0 saturated carbocycles. The molecule has 0 aliphatic heterocycles. The first-order chi connectivity index (χ1) is 27.7. The van der Waals surface area contributed by atoms with E-state index >= 15 is 0 Å². The lowest BCUT2D eigenvalue weighted by atomic mass is 10.0. The minimum absolute atomic E-state index is 0.708. The van der Waals surface area contributed by atoms with Gasteiger partial charge in [0, 0.05) is 60.2 Å². The lowest BCUT2D eigenvalue weighted by molar-refractivity contribution is 0.671. The third-order valence-electron chi connectivity index (χ3n) is 11.4. The van der Waals surface area contributed by atoms with Crippen molar-refractivity contribution in [1.82, 2.24) is 19.1 Å². The number of rotatable bonds is 4. The van der Waals surface area contributed by atoms with Crippen molar-refractivity contribution in [2.24, 2.45) is 0 Å². The van der Waals surface area contributed by atoms with Crippen LogP contribution >= 0.6 is 0 Å². The van der Waals surface area contributed by atoms with Crippen molar-refractivity contribution in [1.29, 1.82) is 0 Å². The Labute approximate surface area is 321 Å². The number of aryl methyl sites for hydroxylation is 1. The predicted octanol–water partition coefficient (Wildman–Crippen LogP) is 13.4. The molecule has 262 valence electrons. The van der Waals surface area contributed by atoms with Crippen molar-refractivity contribution in [3.05, 3.63) is 181 Å². The van der Waals surface area contributed by atoms with Crippen LogP contribution in [0.3, 0.4) is 0 Å². The molecule has 0 aliphatic rings. The molecule has 0 atom stereocenters. The highest BCUT2D eigenvalue weighted by Crippen LogP contribution is 2.49. The fourth-order valence-electron chi connectivity index (χ4n) is 9.05. The number of hydrogen-bond donors (Lipinski definition) is 0. The number of furan rings is 1. The second kappa shape index (κ2) is 11.7. The van der Waals surface area contributed by atoms with E-state index in [1.807, 2.05) is 12.1 Å². The van der Waals surface area contributed by atoms with Crippen LogP contribution in [0, 0.1) is 6.92 Å². The molecule has 0 bridgehead atoms. The Morgan fingerprint density at radius 1 is 0.464 bits per heavy atom. The highest BCUT2D eigenvalue weighted by atomic mass is 16.3. The molecule has 5 nitrogen and oxygen atoms in total. The predicted molar refractivity (Wildman–Crippen MR) is 231 cm³/mol. The molecule has 12 aromatic rings. The second-order valence-electron chi connectivity index (χ2n) is 14.6. The molecule has 0 unspecified atom stereocenters. The van der Waals surface area contributed by atoms with E-state index in [0.717, 1.165) is 94.1 Å². The fraction of sp³-hybridized carbons (Fsp3) is 0.0196. The molecule has 0 spiro atoms. The second-order valence-corrected chi connectivity index (χ2v) is 14.6. The van der Waals surface area contributed by atoms with E-state index < -0.39 is 0 Å². The van der Waals surface area contributed by atoms with E-state index in [1.54, 1.807) is 0 Å². The third-order valence-corrected chi connectivity index (χ3v) is 11.4. The van der Waals surface area contributed by atoms with Crippen molar-refractivity contribution in [3.63, 3.8) is 0 Å². The number of nitrogens with zero attached hydrogens (tertiary/aromatic N) is 4. The van der Waals surface area contributed by atoms with Crippen LogP contribution < -0.4 is 0 Å². The van der Waals surface area contributed by atoms with Crippen molar-refractivity contribution in [3.8, 4) is 34.0 Å². The number of aromatic nitrogens is 4. The summed E-state index contributed by atoms with van der Waals surface area (Å²) in [5.41, 5.74) is 13.5. The zero-order valence-corrected chi connectivity index (χ0v) is 30.4. The Morgan fingerprint density at radius 3 is 1.86 bits per heavy atom. The molecule has 56 heavy (non-hydrogen) atoms. The molecule has 0 aliphatic carbocycles. The van der Waals surface area contributed by atoms with Crippen LogP contribution in [0.15, 0.2) is 180 Å². The summed E-state index contributed by atoms with van der Waals surface area (Å²) in [5, 5.41) is 8.00. The molecule has 0 amide bonds. The van der Waals surface area contributed by atoms with Crippen LogP contribution in [0.25, 0.3) is 110 Å². The van der Waals surface area contributed by atoms with Crippen LogP contribution in [-0.4, -0.2) is 19.1 Å². The maximum Gasteiger partial charge on any atom is 0.160 e. The molecule has 8 aromatic carbocycles. The lowest BCUT2D eigenvalue weighted by Crippen LogP contribution is -2.00. The molecule has 4 aromatic heterocycles. The van der Waals surface area contributed by atoms with Gasteiger partial charge in [-0.1, -0.05) is 121 Å². The van der Waals surface area contributed by atoms with E-state index in [9.17, 15) is 0 Å². The standard InChI is InChI=1S/C51H32N4O/c1-31-30-33(51-52-39-24-12-8-20-35(39)47(53-51)32-16-4-2-5-17-32)28-29-40(31)55-42-26-14-9-21-36(42)44-45-38-23-11-15-27-43(38)56-50(45)49-46(48(44)55)37-22-10-13-25-41(37)54(49)34-18-6-3-7-19-34/h2-30H,1H3. The first kappa shape index (κ1) is 30.9. The average molecular weight is 717 g/mol. The number of fused-ring (bicyclic) bond motifs is 13. The summed E-state index contributed by atoms with van der Waals surface area (Å²) >= 11 is 0. The van der Waals surface area contributed by atoms with Gasteiger partial charge in [-0.2, -0.15) is 0 Å². The summed E-state index contributed by atoms with van der Waals surface area (Å²) in [7, 11) is 0. The van der Waals surface area contributed by atoms with Gasteiger partial charge in [0.25, 0.3) is 0 Å². The van der Waals surface area contributed by atoms with Crippen LogP contribution in [-0.2, 0) is 0 Å². The molecule has 0 saturated heterocycles. The number of benzene rings is 8. The summed E-state index contributed by atoms with van der Waals surface area (Å²) in [6, 6.07) is 62.0. The van der Waals surface area contributed by atoms with Crippen molar-refractivity contribution in [2.75, 3.05) is 0 Å². The molecule has 4 heterocycles. The summed E-state index contributed by atoms with van der Waals surface area (Å²) in [6.45, 7) is 2.20. The molecule has 0 N–H and O–H groups in total. The van der Waals surface area contributed by atoms with Gasteiger partial charge in [-0.15, -0.1) is 0 Å². The van der Waals surface area contributed by atoms with Crippen LogP contribution in [0.2, 0.25) is 0 Å². The van der Waals surface area contributed by atoms with Gasteiger partial charge in [-0.05, 0) is 67.1 Å². The third kappa shape index (κ3) is 4.31. The minimum atomic E-state index is 0.708. The van der Waals surface area contributed by atoms with Crippen molar-refractivity contribution < 1.29 is 4.42 Å². The molecular weight excluding hydrogens is 685 g/mol. The van der Waals surface area contributed by atoms with Gasteiger partial charge in [-0.3, -0.25) is 0 Å². The normalized spacial score (nSPS) is 12.0. The topological polar surface area (TPSA) is 48.8 Å². The summed E-state index contributed by atoms with van der Waals surface area (Å²) in [6.07, 6.45) is 0. The Morgan fingerprint density at radius 2 is 1.09 bits per heavy atom. The molecule has 5 heteroatoms. The Hall–Kier alpha value is -7.50. The van der Waals surface area contributed by atoms with Gasteiger partial charge >= 0.3 is 0 Å². The highest BCUT2D eigenvalue weighted by Gasteiger charge is 2.28. The SMILES string of the molecule is Cc1cc(-c2nc(-c3ccccc3)c3ccccc3n2)ccc1-n1c2ccccc2c2c3c4ccccc4oc3c3c(c4ccccc4n3-c3ccccc3)c21. The van der Waals surface area contributed by atoms with Gasteiger partial charge in [0.15, 0.2) is 11.4 Å². The van der Waals surface area contributed by atoms with E-state index in [4.69, 9.17) is 14.4 Å². The minimum Gasteiger partial charge on any atom is -0.454 e. The largest absolute Gasteiger partial charge is 0.454 e. The van der Waals surface area contributed by atoms with E-state index in [2.05, 4.69) is 180 Å². The van der Waals surface area contributed by atoms with Gasteiger partial charge in [0.1, 0.15) is 5.58 Å². The lowest BCUT2D eigenvalue weighted by Gasteiger charge is -2.15. The maximum absolute atomic E-state index is 6.95. The zero-order valence-electron chi connectivity index (χ0n) is 30.4. The van der Waals surface area contributed by atoms with Crippen molar-refractivity contribution in [2.45, 2.75) is 6.92 Å². The van der Waals surface area contributed by atoms with E-state index in [-0.39, 0.29) is 0 Å². The Balaban J connectivity index is 1.21. The van der Waals surface area contributed by atoms with Gasteiger partial charge in [-0.25, -0.2) is 9.97 Å². The smallest absolute Gasteiger partial charge is 0.160 e. The Kier molecular flexibility index (Phi) is 6.48. The fourth-order valence-corrected chi connectivity index (χ4v) is 9.05. The monoisotopic (exact) mass is 716 g/mol. The molecule has 12 rings (SSSR count). The van der Waals surface area contributed by atoms with Gasteiger partial charge in [0.2, 0.25) is 0 Å². The zero-order chi connectivity index (χ0) is 36.9.